The fraction of sp³-hybridized carbons (Fsp3) is 0.286. The van der Waals surface area contributed by atoms with Gasteiger partial charge >= 0.3 is 0 Å². The van der Waals surface area contributed by atoms with Gasteiger partial charge in [-0.1, -0.05) is 28.1 Å². The molecule has 0 aliphatic rings. The van der Waals surface area contributed by atoms with Crippen LogP contribution in [0.2, 0.25) is 0 Å². The zero-order valence-corrected chi connectivity index (χ0v) is 11.9. The van der Waals surface area contributed by atoms with Gasteiger partial charge in [0.1, 0.15) is 5.78 Å². The van der Waals surface area contributed by atoms with Crippen molar-refractivity contribution < 1.29 is 4.79 Å². The third-order valence-corrected chi connectivity index (χ3v) is 3.20. The first-order valence-electron chi connectivity index (χ1n) is 5.95. The first-order valence-corrected chi connectivity index (χ1v) is 6.74. The third-order valence-electron chi connectivity index (χ3n) is 2.70. The van der Waals surface area contributed by atoms with Crippen molar-refractivity contribution in [3.63, 3.8) is 0 Å². The van der Waals surface area contributed by atoms with Crippen LogP contribution in [0.1, 0.15) is 18.1 Å². The summed E-state index contributed by atoms with van der Waals surface area (Å²) in [4.78, 5) is 11.9. The highest BCUT2D eigenvalue weighted by atomic mass is 79.9. The zero-order valence-electron chi connectivity index (χ0n) is 10.3. The number of benzene rings is 1. The number of rotatable bonds is 5. The average Bonchev–Trinajstić information content (AvgIpc) is 2.76. The van der Waals surface area contributed by atoms with Gasteiger partial charge in [0.25, 0.3) is 0 Å². The Labute approximate surface area is 115 Å². The fourth-order valence-corrected chi connectivity index (χ4v) is 2.28. The summed E-state index contributed by atoms with van der Waals surface area (Å²) in [6.45, 7) is 2.86. The van der Waals surface area contributed by atoms with Gasteiger partial charge in [0.05, 0.1) is 6.20 Å². The topological polar surface area (TPSA) is 34.9 Å². The van der Waals surface area contributed by atoms with Crippen molar-refractivity contribution in [1.29, 1.82) is 0 Å². The molecule has 0 fully saturated rings. The van der Waals surface area contributed by atoms with E-state index in [4.69, 9.17) is 0 Å². The van der Waals surface area contributed by atoms with Crippen molar-refractivity contribution in [3.8, 4) is 0 Å². The van der Waals surface area contributed by atoms with Crippen molar-refractivity contribution >= 4 is 21.7 Å². The van der Waals surface area contributed by atoms with Gasteiger partial charge in [-0.2, -0.15) is 5.10 Å². The second-order valence-electron chi connectivity index (χ2n) is 4.23. The van der Waals surface area contributed by atoms with E-state index in [-0.39, 0.29) is 5.78 Å². The van der Waals surface area contributed by atoms with Gasteiger partial charge in [0.15, 0.2) is 0 Å². The minimum Gasteiger partial charge on any atom is -0.299 e. The van der Waals surface area contributed by atoms with Crippen molar-refractivity contribution in [1.82, 2.24) is 9.78 Å². The summed E-state index contributed by atoms with van der Waals surface area (Å²) in [6, 6.07) is 7.85. The molecule has 0 aliphatic carbocycles. The van der Waals surface area contributed by atoms with Crippen LogP contribution in [-0.4, -0.2) is 15.6 Å². The van der Waals surface area contributed by atoms with Gasteiger partial charge in [-0.3, -0.25) is 9.48 Å². The number of carbonyl (C=O) groups excluding carboxylic acids is 1. The molecule has 1 aromatic heterocycles. The Morgan fingerprint density at radius 2 is 2.11 bits per heavy atom. The van der Waals surface area contributed by atoms with Crippen LogP contribution in [0.5, 0.6) is 0 Å². The number of nitrogens with zero attached hydrogens (tertiary/aromatic N) is 2. The maximum absolute atomic E-state index is 11.9. The molecular weight excluding hydrogens is 292 g/mol. The van der Waals surface area contributed by atoms with Crippen molar-refractivity contribution in [2.24, 2.45) is 0 Å². The number of Topliss-reactive ketones (excluding diaryl/α,β-unsaturated/α-hetero) is 1. The summed E-state index contributed by atoms with van der Waals surface area (Å²) in [6.07, 6.45) is 4.62. The van der Waals surface area contributed by atoms with E-state index in [1.807, 2.05) is 42.1 Å². The summed E-state index contributed by atoms with van der Waals surface area (Å²) in [5.41, 5.74) is 2.02. The Kier molecular flexibility index (Phi) is 4.31. The average molecular weight is 307 g/mol. The monoisotopic (exact) mass is 306 g/mol. The van der Waals surface area contributed by atoms with Crippen molar-refractivity contribution in [2.45, 2.75) is 26.3 Å². The van der Waals surface area contributed by atoms with E-state index in [9.17, 15) is 4.79 Å². The quantitative estimate of drug-likeness (QED) is 0.851. The molecular formula is C14H15BrN2O. The Morgan fingerprint density at radius 1 is 1.33 bits per heavy atom. The number of aromatic nitrogens is 2. The molecule has 2 rings (SSSR count). The molecule has 2 aromatic rings. The summed E-state index contributed by atoms with van der Waals surface area (Å²) < 4.78 is 2.84. The molecule has 0 amide bonds. The van der Waals surface area contributed by atoms with E-state index >= 15 is 0 Å². The highest BCUT2D eigenvalue weighted by molar-refractivity contribution is 9.10. The van der Waals surface area contributed by atoms with E-state index in [0.29, 0.717) is 12.8 Å². The molecule has 0 aliphatic heterocycles. The molecule has 4 heteroatoms. The molecule has 0 atom stereocenters. The molecule has 0 saturated carbocycles. The van der Waals surface area contributed by atoms with Gasteiger partial charge in [-0.15, -0.1) is 0 Å². The maximum Gasteiger partial charge on any atom is 0.141 e. The fourth-order valence-electron chi connectivity index (χ4n) is 1.84. The Hall–Kier alpha value is -1.42. The van der Waals surface area contributed by atoms with Crippen LogP contribution in [0.3, 0.4) is 0 Å². The molecule has 1 heterocycles. The lowest BCUT2D eigenvalue weighted by atomic mass is 10.1. The molecule has 18 heavy (non-hydrogen) atoms. The third kappa shape index (κ3) is 3.53. The minimum absolute atomic E-state index is 0.212. The molecule has 0 N–H and O–H groups in total. The maximum atomic E-state index is 11.9. The molecule has 94 valence electrons. The highest BCUT2D eigenvalue weighted by Gasteiger charge is 2.07. The number of aryl methyl sites for hydroxylation is 1. The lowest BCUT2D eigenvalue weighted by Crippen LogP contribution is -2.06. The Balaban J connectivity index is 1.96. The molecule has 0 radical (unpaired) electrons. The molecule has 0 unspecified atom stereocenters. The smallest absolute Gasteiger partial charge is 0.141 e. The molecule has 0 spiro atoms. The summed E-state index contributed by atoms with van der Waals surface area (Å²) in [5, 5.41) is 4.17. The van der Waals surface area contributed by atoms with E-state index in [1.165, 1.54) is 0 Å². The molecule has 0 bridgehead atoms. The summed E-state index contributed by atoms with van der Waals surface area (Å²) in [7, 11) is 0. The Morgan fingerprint density at radius 3 is 2.78 bits per heavy atom. The second-order valence-corrected chi connectivity index (χ2v) is 5.14. The lowest BCUT2D eigenvalue weighted by molar-refractivity contribution is -0.117. The number of hydrogen-bond donors (Lipinski definition) is 0. The van der Waals surface area contributed by atoms with E-state index < -0.39 is 0 Å². The predicted octanol–water partition coefficient (Wildman–Crippen LogP) is 3.02. The number of halogens is 1. The van der Waals surface area contributed by atoms with E-state index in [0.717, 1.165) is 22.1 Å². The van der Waals surface area contributed by atoms with E-state index in [1.54, 1.807) is 6.20 Å². The molecule has 1 aromatic carbocycles. The predicted molar refractivity (Wildman–Crippen MR) is 74.5 cm³/mol. The first-order chi connectivity index (χ1) is 8.67. The first kappa shape index (κ1) is 13.0. The van der Waals surface area contributed by atoms with Crippen LogP contribution in [0, 0.1) is 0 Å². The second kappa shape index (κ2) is 5.96. The van der Waals surface area contributed by atoms with Crippen LogP contribution in [0.25, 0.3) is 0 Å². The lowest BCUT2D eigenvalue weighted by Gasteiger charge is -2.00. The van der Waals surface area contributed by atoms with Gasteiger partial charge < -0.3 is 0 Å². The SMILES string of the molecule is CCn1cc(CC(=O)Cc2cccc(Br)c2)cn1. The summed E-state index contributed by atoms with van der Waals surface area (Å²) >= 11 is 3.41. The van der Waals surface area contributed by atoms with Gasteiger partial charge in [-0.25, -0.2) is 0 Å². The summed E-state index contributed by atoms with van der Waals surface area (Å²) in [5.74, 6) is 0.212. The number of hydrogen-bond acceptors (Lipinski definition) is 2. The number of carbonyl (C=O) groups is 1. The zero-order chi connectivity index (χ0) is 13.0. The van der Waals surface area contributed by atoms with Crippen LogP contribution in [0.15, 0.2) is 41.1 Å². The molecule has 3 nitrogen and oxygen atoms in total. The molecule has 0 saturated heterocycles. The largest absolute Gasteiger partial charge is 0.299 e. The highest BCUT2D eigenvalue weighted by Crippen LogP contribution is 2.13. The van der Waals surface area contributed by atoms with Crippen LogP contribution in [0.4, 0.5) is 0 Å². The van der Waals surface area contributed by atoms with Crippen LogP contribution in [-0.2, 0) is 24.2 Å². The Bertz CT molecular complexity index is 548. The van der Waals surface area contributed by atoms with Gasteiger partial charge in [0.2, 0.25) is 0 Å². The van der Waals surface area contributed by atoms with Gasteiger partial charge in [0, 0.05) is 30.1 Å². The number of ketones is 1. The van der Waals surface area contributed by atoms with Gasteiger partial charge in [-0.05, 0) is 30.2 Å². The minimum atomic E-state index is 0.212. The van der Waals surface area contributed by atoms with Crippen LogP contribution >= 0.6 is 15.9 Å². The van der Waals surface area contributed by atoms with Crippen LogP contribution < -0.4 is 0 Å². The van der Waals surface area contributed by atoms with Crippen molar-refractivity contribution in [2.75, 3.05) is 0 Å². The van der Waals surface area contributed by atoms with Crippen molar-refractivity contribution in [3.05, 3.63) is 52.3 Å². The van der Waals surface area contributed by atoms with E-state index in [2.05, 4.69) is 21.0 Å². The normalized spacial score (nSPS) is 10.6. The standard InChI is InChI=1S/C14H15BrN2O/c1-2-17-10-12(9-16-17)8-14(18)7-11-4-3-5-13(15)6-11/h3-6,9-10H,2,7-8H2,1H3.